The average molecular weight is 380 g/mol. The summed E-state index contributed by atoms with van der Waals surface area (Å²) in [5.41, 5.74) is 0.914. The summed E-state index contributed by atoms with van der Waals surface area (Å²) >= 11 is 6.30. The summed E-state index contributed by atoms with van der Waals surface area (Å²) in [5, 5.41) is 3.59. The normalized spacial score (nSPS) is 24.0. The molecule has 4 rings (SSSR count). The maximum Gasteiger partial charge on any atom is 0.416 e. The predicted octanol–water partition coefficient (Wildman–Crippen LogP) is 6.19. The molecule has 3 atom stereocenters. The summed E-state index contributed by atoms with van der Waals surface area (Å²) in [7, 11) is 1.59. The quantitative estimate of drug-likeness (QED) is 0.628. The van der Waals surface area contributed by atoms with Crippen LogP contribution in [0.5, 0.6) is 5.75 Å². The zero-order valence-electron chi connectivity index (χ0n) is 14.0. The molecule has 2 aromatic rings. The third kappa shape index (κ3) is 2.65. The van der Waals surface area contributed by atoms with Crippen LogP contribution in [0.25, 0.3) is 0 Å². The van der Waals surface area contributed by atoms with Crippen LogP contribution in [0.15, 0.2) is 48.6 Å². The molecule has 0 amide bonds. The van der Waals surface area contributed by atoms with E-state index in [0.717, 1.165) is 11.6 Å². The fourth-order valence-electron chi connectivity index (χ4n) is 4.15. The number of benzene rings is 2. The molecule has 6 heteroatoms. The number of nitrogens with one attached hydrogen (secondary N) is 1. The first-order chi connectivity index (χ1) is 12.4. The number of hydrogen-bond acceptors (Lipinski definition) is 2. The monoisotopic (exact) mass is 379 g/mol. The standard InChI is InChI=1S/C20H17ClF3NO/c1-26-16-8-3-2-5-13(16)18-12-7-4-6-11(12)17-14(20(22,23)24)9-10-15(21)19(17)25-18/h2-6,8-12,18,25H,7H2,1H3/t11-,12-,18-/m0/s1. The van der Waals surface area contributed by atoms with Crippen molar-refractivity contribution in [2.75, 3.05) is 12.4 Å². The molecule has 0 fully saturated rings. The second-order valence-electron chi connectivity index (χ2n) is 6.60. The fraction of sp³-hybridized carbons (Fsp3) is 0.300. The van der Waals surface area contributed by atoms with Crippen LogP contribution in [0, 0.1) is 5.92 Å². The van der Waals surface area contributed by atoms with Crippen molar-refractivity contribution >= 4 is 17.3 Å². The molecule has 0 spiro atoms. The summed E-state index contributed by atoms with van der Waals surface area (Å²) in [6, 6.07) is 9.79. The molecule has 1 aliphatic carbocycles. The van der Waals surface area contributed by atoms with Crippen LogP contribution in [0.2, 0.25) is 5.02 Å². The van der Waals surface area contributed by atoms with Gasteiger partial charge in [0.15, 0.2) is 0 Å². The van der Waals surface area contributed by atoms with E-state index in [0.29, 0.717) is 22.9 Å². The number of anilines is 1. The molecule has 2 aromatic carbocycles. The highest BCUT2D eigenvalue weighted by Crippen LogP contribution is 2.55. The molecule has 0 saturated heterocycles. The van der Waals surface area contributed by atoms with Gasteiger partial charge >= 0.3 is 6.18 Å². The highest BCUT2D eigenvalue weighted by atomic mass is 35.5. The van der Waals surface area contributed by atoms with Gasteiger partial charge in [-0.1, -0.05) is 42.0 Å². The van der Waals surface area contributed by atoms with Crippen LogP contribution in [-0.2, 0) is 6.18 Å². The van der Waals surface area contributed by atoms with E-state index in [4.69, 9.17) is 16.3 Å². The van der Waals surface area contributed by atoms with E-state index in [1.165, 1.54) is 6.07 Å². The van der Waals surface area contributed by atoms with Crippen molar-refractivity contribution in [3.63, 3.8) is 0 Å². The third-order valence-corrected chi connectivity index (χ3v) is 5.56. The Morgan fingerprint density at radius 3 is 2.65 bits per heavy atom. The van der Waals surface area contributed by atoms with Crippen LogP contribution in [-0.4, -0.2) is 7.11 Å². The molecule has 0 radical (unpaired) electrons. The Labute approximate surface area is 154 Å². The number of fused-ring (bicyclic) bond motifs is 3. The zero-order valence-corrected chi connectivity index (χ0v) is 14.7. The lowest BCUT2D eigenvalue weighted by atomic mass is 9.75. The fourth-order valence-corrected chi connectivity index (χ4v) is 4.37. The molecule has 26 heavy (non-hydrogen) atoms. The predicted molar refractivity (Wildman–Crippen MR) is 95.8 cm³/mol. The van der Waals surface area contributed by atoms with Crippen molar-refractivity contribution in [3.05, 3.63) is 70.3 Å². The SMILES string of the molecule is COc1ccccc1[C@H]1Nc2c(Cl)ccc(C(F)(F)F)c2[C@H]2C=CC[C@@H]21. The summed E-state index contributed by atoms with van der Waals surface area (Å²) in [6.07, 6.45) is 0.103. The first kappa shape index (κ1) is 17.3. The van der Waals surface area contributed by atoms with Crippen molar-refractivity contribution in [2.45, 2.75) is 24.6 Å². The second kappa shape index (κ2) is 6.23. The van der Waals surface area contributed by atoms with Crippen molar-refractivity contribution in [2.24, 2.45) is 5.92 Å². The number of rotatable bonds is 2. The van der Waals surface area contributed by atoms with Gasteiger partial charge in [-0.25, -0.2) is 0 Å². The first-order valence-electron chi connectivity index (χ1n) is 8.37. The van der Waals surface area contributed by atoms with Crippen molar-refractivity contribution in [1.82, 2.24) is 0 Å². The Morgan fingerprint density at radius 2 is 1.92 bits per heavy atom. The van der Waals surface area contributed by atoms with Crippen molar-refractivity contribution in [1.29, 1.82) is 0 Å². The summed E-state index contributed by atoms with van der Waals surface area (Å²) in [6.45, 7) is 0. The number of halogens is 4. The van der Waals surface area contributed by atoms with Gasteiger partial charge in [-0.2, -0.15) is 13.2 Å². The smallest absolute Gasteiger partial charge is 0.416 e. The average Bonchev–Trinajstić information content (AvgIpc) is 3.10. The number of alkyl halides is 3. The number of allylic oxidation sites excluding steroid dienone is 2. The minimum absolute atomic E-state index is 0.0293. The molecule has 0 saturated carbocycles. The van der Waals surface area contributed by atoms with Gasteiger partial charge in [0.2, 0.25) is 0 Å². The van der Waals surface area contributed by atoms with Crippen LogP contribution in [0.4, 0.5) is 18.9 Å². The molecule has 1 heterocycles. The van der Waals surface area contributed by atoms with Crippen molar-refractivity contribution in [3.8, 4) is 5.75 Å². The minimum Gasteiger partial charge on any atom is -0.496 e. The molecule has 136 valence electrons. The van der Waals surface area contributed by atoms with E-state index in [9.17, 15) is 13.2 Å². The number of methoxy groups -OCH3 is 1. The molecule has 2 nitrogen and oxygen atoms in total. The minimum atomic E-state index is -4.42. The number of ether oxygens (including phenoxy) is 1. The number of hydrogen-bond donors (Lipinski definition) is 1. The highest BCUT2D eigenvalue weighted by Gasteiger charge is 2.45. The van der Waals surface area contributed by atoms with E-state index in [1.807, 2.05) is 36.4 Å². The van der Waals surface area contributed by atoms with Gasteiger partial charge in [-0.15, -0.1) is 0 Å². The maximum absolute atomic E-state index is 13.6. The van der Waals surface area contributed by atoms with Gasteiger partial charge in [0, 0.05) is 11.5 Å². The van der Waals surface area contributed by atoms with E-state index in [2.05, 4.69) is 5.32 Å². The summed E-state index contributed by atoms with van der Waals surface area (Å²) < 4.78 is 46.2. The molecule has 1 aliphatic heterocycles. The molecule has 1 N–H and O–H groups in total. The van der Waals surface area contributed by atoms with Gasteiger partial charge in [-0.3, -0.25) is 0 Å². The second-order valence-corrected chi connectivity index (χ2v) is 7.01. The van der Waals surface area contributed by atoms with E-state index < -0.39 is 11.7 Å². The lowest BCUT2D eigenvalue weighted by Gasteiger charge is -2.39. The van der Waals surface area contributed by atoms with Crippen molar-refractivity contribution < 1.29 is 17.9 Å². The number of para-hydroxylation sites is 1. The van der Waals surface area contributed by atoms with E-state index >= 15 is 0 Å². The lowest BCUT2D eigenvalue weighted by molar-refractivity contribution is -0.138. The third-order valence-electron chi connectivity index (χ3n) is 5.25. The Kier molecular flexibility index (Phi) is 4.14. The Morgan fingerprint density at radius 1 is 1.15 bits per heavy atom. The largest absolute Gasteiger partial charge is 0.496 e. The Hall–Kier alpha value is -2.14. The molecule has 0 aromatic heterocycles. The molecular formula is C20H17ClF3NO. The van der Waals surface area contributed by atoms with E-state index in [1.54, 1.807) is 7.11 Å². The molecule has 0 unspecified atom stereocenters. The Bertz CT molecular complexity index is 878. The van der Waals surface area contributed by atoms with Gasteiger partial charge in [0.1, 0.15) is 5.75 Å². The molecule has 2 aliphatic rings. The van der Waals surface area contributed by atoms with Crippen LogP contribution >= 0.6 is 11.6 Å². The van der Waals surface area contributed by atoms with Crippen LogP contribution < -0.4 is 10.1 Å². The van der Waals surface area contributed by atoms with Gasteiger partial charge in [0.05, 0.1) is 29.4 Å². The van der Waals surface area contributed by atoms with Crippen LogP contribution in [0.3, 0.4) is 0 Å². The van der Waals surface area contributed by atoms with E-state index in [-0.39, 0.29) is 23.4 Å². The Balaban J connectivity index is 1.89. The van der Waals surface area contributed by atoms with Gasteiger partial charge < -0.3 is 10.1 Å². The first-order valence-corrected chi connectivity index (χ1v) is 8.75. The topological polar surface area (TPSA) is 21.3 Å². The zero-order chi connectivity index (χ0) is 18.5. The molecule has 0 bridgehead atoms. The van der Waals surface area contributed by atoms with Gasteiger partial charge in [-0.05, 0) is 36.1 Å². The molecular weight excluding hydrogens is 363 g/mol. The summed E-state index contributed by atoms with van der Waals surface area (Å²) in [5.74, 6) is 0.344. The highest BCUT2D eigenvalue weighted by molar-refractivity contribution is 6.33. The maximum atomic E-state index is 13.6. The lowest BCUT2D eigenvalue weighted by Crippen LogP contribution is -2.31. The summed E-state index contributed by atoms with van der Waals surface area (Å²) in [4.78, 5) is 0. The van der Waals surface area contributed by atoms with Crippen LogP contribution in [0.1, 0.15) is 35.1 Å². The van der Waals surface area contributed by atoms with Gasteiger partial charge in [0.25, 0.3) is 0 Å².